The van der Waals surface area contributed by atoms with Gasteiger partial charge in [-0.15, -0.1) is 0 Å². The fourth-order valence-corrected chi connectivity index (χ4v) is 2.26. The Bertz CT molecular complexity index is 642. The van der Waals surface area contributed by atoms with Crippen LogP contribution < -0.4 is 10.6 Å². The molecule has 0 aliphatic heterocycles. The van der Waals surface area contributed by atoms with Crippen LogP contribution in [0, 0.1) is 5.82 Å². The summed E-state index contributed by atoms with van der Waals surface area (Å²) in [6, 6.07) is 15.5. The van der Waals surface area contributed by atoms with Gasteiger partial charge in [-0.05, 0) is 43.0 Å². The molecular formula is C19H23FN2O2. The summed E-state index contributed by atoms with van der Waals surface area (Å²) in [4.78, 5) is 11.8. The minimum Gasteiger partial charge on any atom is -0.388 e. The lowest BCUT2D eigenvalue weighted by molar-refractivity contribution is 0.0534. The van der Waals surface area contributed by atoms with Crippen molar-refractivity contribution in [2.24, 2.45) is 0 Å². The normalized spacial score (nSPS) is 13.1. The molecule has 0 heterocycles. The highest BCUT2D eigenvalue weighted by Crippen LogP contribution is 2.13. The molecule has 24 heavy (non-hydrogen) atoms. The highest BCUT2D eigenvalue weighted by Gasteiger charge is 2.20. The number of hydrogen-bond acceptors (Lipinski definition) is 2. The maximum absolute atomic E-state index is 12.8. The fourth-order valence-electron chi connectivity index (χ4n) is 2.26. The third-order valence-electron chi connectivity index (χ3n) is 3.79. The molecule has 0 saturated heterocycles. The molecule has 1 atom stereocenters. The Morgan fingerprint density at radius 1 is 1.04 bits per heavy atom. The zero-order valence-electron chi connectivity index (χ0n) is 13.8. The number of benzene rings is 2. The maximum atomic E-state index is 12.8. The van der Waals surface area contributed by atoms with E-state index in [9.17, 15) is 14.3 Å². The maximum Gasteiger partial charge on any atom is 0.315 e. The minimum absolute atomic E-state index is 0.162. The number of urea groups is 1. The second-order valence-electron chi connectivity index (χ2n) is 6.15. The van der Waals surface area contributed by atoms with E-state index in [0.717, 1.165) is 17.5 Å². The summed E-state index contributed by atoms with van der Waals surface area (Å²) < 4.78 is 12.8. The summed E-state index contributed by atoms with van der Waals surface area (Å²) in [5, 5.41) is 15.7. The van der Waals surface area contributed by atoms with Crippen LogP contribution in [0.5, 0.6) is 0 Å². The smallest absolute Gasteiger partial charge is 0.315 e. The Morgan fingerprint density at radius 2 is 1.71 bits per heavy atom. The Morgan fingerprint density at radius 3 is 2.38 bits per heavy atom. The van der Waals surface area contributed by atoms with Crippen LogP contribution in [0.1, 0.15) is 24.5 Å². The number of aliphatic hydroxyl groups is 1. The molecule has 3 N–H and O–H groups in total. The van der Waals surface area contributed by atoms with Crippen molar-refractivity contribution in [2.45, 2.75) is 31.9 Å². The van der Waals surface area contributed by atoms with Crippen molar-refractivity contribution in [1.82, 2.24) is 10.6 Å². The number of nitrogens with one attached hydrogen (secondary N) is 2. The molecule has 0 fully saturated rings. The van der Waals surface area contributed by atoms with Crippen molar-refractivity contribution < 1.29 is 14.3 Å². The number of amides is 2. The molecule has 5 heteroatoms. The zero-order valence-corrected chi connectivity index (χ0v) is 13.8. The first-order valence-electron chi connectivity index (χ1n) is 7.97. The summed E-state index contributed by atoms with van der Waals surface area (Å²) in [6.45, 7) is 2.17. The van der Waals surface area contributed by atoms with E-state index in [1.165, 1.54) is 12.1 Å². The lowest BCUT2D eigenvalue weighted by atomic mass is 9.97. The first-order valence-corrected chi connectivity index (χ1v) is 7.97. The van der Waals surface area contributed by atoms with Gasteiger partial charge in [0.05, 0.1) is 5.60 Å². The molecular weight excluding hydrogens is 307 g/mol. The number of rotatable bonds is 7. The van der Waals surface area contributed by atoms with Crippen molar-refractivity contribution in [2.75, 3.05) is 6.54 Å². The molecule has 2 amide bonds. The average molecular weight is 330 g/mol. The summed E-state index contributed by atoms with van der Waals surface area (Å²) in [7, 11) is 0. The van der Waals surface area contributed by atoms with E-state index in [1.54, 1.807) is 19.1 Å². The van der Waals surface area contributed by atoms with Crippen molar-refractivity contribution in [3.63, 3.8) is 0 Å². The van der Waals surface area contributed by atoms with Gasteiger partial charge in [0.15, 0.2) is 0 Å². The lowest BCUT2D eigenvalue weighted by Crippen LogP contribution is -2.44. The second kappa shape index (κ2) is 8.45. The molecule has 0 radical (unpaired) electrons. The van der Waals surface area contributed by atoms with Crippen LogP contribution in [0.3, 0.4) is 0 Å². The molecule has 0 bridgehead atoms. The second-order valence-corrected chi connectivity index (χ2v) is 6.15. The van der Waals surface area contributed by atoms with Crippen molar-refractivity contribution >= 4 is 6.03 Å². The molecule has 0 aliphatic carbocycles. The molecule has 4 nitrogen and oxygen atoms in total. The van der Waals surface area contributed by atoms with Gasteiger partial charge in [0.2, 0.25) is 0 Å². The molecule has 2 rings (SSSR count). The van der Waals surface area contributed by atoms with E-state index in [-0.39, 0.29) is 18.4 Å². The fraction of sp³-hybridized carbons (Fsp3) is 0.316. The number of aryl methyl sites for hydroxylation is 1. The third-order valence-corrected chi connectivity index (χ3v) is 3.79. The van der Waals surface area contributed by atoms with Gasteiger partial charge in [-0.3, -0.25) is 0 Å². The molecule has 1 unspecified atom stereocenters. The quantitative estimate of drug-likeness (QED) is 0.731. The van der Waals surface area contributed by atoms with Gasteiger partial charge in [-0.1, -0.05) is 42.5 Å². The largest absolute Gasteiger partial charge is 0.388 e. The van der Waals surface area contributed by atoms with Gasteiger partial charge >= 0.3 is 6.03 Å². The summed E-state index contributed by atoms with van der Waals surface area (Å²) >= 11 is 0. The molecule has 2 aromatic rings. The van der Waals surface area contributed by atoms with Gasteiger partial charge in [0.25, 0.3) is 0 Å². The Balaban J connectivity index is 1.70. The molecule has 0 aliphatic rings. The Kier molecular flexibility index (Phi) is 6.32. The van der Waals surface area contributed by atoms with E-state index in [4.69, 9.17) is 0 Å². The van der Waals surface area contributed by atoms with Crippen LogP contribution in [0.4, 0.5) is 9.18 Å². The predicted octanol–water partition coefficient (Wildman–Crippen LogP) is 3.01. The average Bonchev–Trinajstić information content (AvgIpc) is 2.59. The highest BCUT2D eigenvalue weighted by atomic mass is 19.1. The van der Waals surface area contributed by atoms with E-state index >= 15 is 0 Å². The van der Waals surface area contributed by atoms with Gasteiger partial charge in [-0.2, -0.15) is 0 Å². The van der Waals surface area contributed by atoms with Crippen LogP contribution in [-0.2, 0) is 13.0 Å². The molecule has 0 spiro atoms. The predicted molar refractivity (Wildman–Crippen MR) is 92.0 cm³/mol. The standard InChI is InChI=1S/C19H23FN2O2/c1-19(24,12-11-15-5-3-2-4-6-15)14-22-18(23)21-13-16-7-9-17(20)10-8-16/h2-10,24H,11-14H2,1H3,(H2,21,22,23). The molecule has 128 valence electrons. The summed E-state index contributed by atoms with van der Waals surface area (Å²) in [5.74, 6) is -0.308. The summed E-state index contributed by atoms with van der Waals surface area (Å²) in [6.07, 6.45) is 1.29. The van der Waals surface area contributed by atoms with Gasteiger partial charge in [0, 0.05) is 13.1 Å². The number of hydrogen-bond donors (Lipinski definition) is 3. The zero-order chi connectivity index (χ0) is 17.4. The first-order chi connectivity index (χ1) is 11.4. The van der Waals surface area contributed by atoms with Crippen LogP contribution in [-0.4, -0.2) is 23.3 Å². The van der Waals surface area contributed by atoms with E-state index < -0.39 is 5.60 Å². The number of halogens is 1. The van der Waals surface area contributed by atoms with Crippen LogP contribution in [0.15, 0.2) is 54.6 Å². The van der Waals surface area contributed by atoms with Crippen LogP contribution in [0.25, 0.3) is 0 Å². The number of carbonyl (C=O) groups is 1. The lowest BCUT2D eigenvalue weighted by Gasteiger charge is -2.23. The SMILES string of the molecule is CC(O)(CCc1ccccc1)CNC(=O)NCc1ccc(F)cc1. The Hall–Kier alpha value is -2.40. The number of carbonyl (C=O) groups excluding carboxylic acids is 1. The van der Waals surface area contributed by atoms with Crippen molar-refractivity contribution in [3.05, 3.63) is 71.5 Å². The Labute approximate surface area is 141 Å². The van der Waals surface area contributed by atoms with Crippen LogP contribution in [0.2, 0.25) is 0 Å². The first kappa shape index (κ1) is 17.9. The monoisotopic (exact) mass is 330 g/mol. The highest BCUT2D eigenvalue weighted by molar-refractivity contribution is 5.73. The molecule has 0 saturated carbocycles. The van der Waals surface area contributed by atoms with Gasteiger partial charge < -0.3 is 15.7 Å². The molecule has 0 aromatic heterocycles. The van der Waals surface area contributed by atoms with Crippen LogP contribution >= 0.6 is 0 Å². The van der Waals surface area contributed by atoms with Gasteiger partial charge in [-0.25, -0.2) is 9.18 Å². The minimum atomic E-state index is -0.983. The molecule has 2 aromatic carbocycles. The van der Waals surface area contributed by atoms with Crippen molar-refractivity contribution in [3.8, 4) is 0 Å². The topological polar surface area (TPSA) is 61.4 Å². The van der Waals surface area contributed by atoms with E-state index in [0.29, 0.717) is 13.0 Å². The van der Waals surface area contributed by atoms with E-state index in [2.05, 4.69) is 10.6 Å². The third kappa shape index (κ3) is 6.38. The van der Waals surface area contributed by atoms with Gasteiger partial charge in [0.1, 0.15) is 5.82 Å². The van der Waals surface area contributed by atoms with Crippen molar-refractivity contribution in [1.29, 1.82) is 0 Å². The summed E-state index contributed by atoms with van der Waals surface area (Å²) in [5.41, 5.74) is 0.976. The van der Waals surface area contributed by atoms with E-state index in [1.807, 2.05) is 30.3 Å².